The maximum absolute atomic E-state index is 10.7. The van der Waals surface area contributed by atoms with Gasteiger partial charge in [0.15, 0.2) is 11.6 Å². The first-order valence-corrected chi connectivity index (χ1v) is 3.00. The van der Waals surface area contributed by atoms with Gasteiger partial charge in [0, 0.05) is 0 Å². The summed E-state index contributed by atoms with van der Waals surface area (Å²) in [5, 5.41) is 0. The highest BCUT2D eigenvalue weighted by molar-refractivity contribution is 6.19. The van der Waals surface area contributed by atoms with Crippen LogP contribution in [0.5, 0.6) is 0 Å². The summed E-state index contributed by atoms with van der Waals surface area (Å²) in [6.07, 6.45) is 2.23. The standard InChI is InChI=1S/C7H8O2/c1-2-5-3-6(8)4-7(5)9/h3H,2,4H2,1H3. The van der Waals surface area contributed by atoms with Crippen LogP contribution in [0.15, 0.2) is 11.6 Å². The third kappa shape index (κ3) is 1.07. The van der Waals surface area contributed by atoms with Crippen molar-refractivity contribution in [1.82, 2.24) is 0 Å². The minimum atomic E-state index is -0.0446. The first-order valence-electron chi connectivity index (χ1n) is 3.00. The fourth-order valence-corrected chi connectivity index (χ4v) is 0.897. The van der Waals surface area contributed by atoms with Crippen molar-refractivity contribution in [1.29, 1.82) is 0 Å². The predicted octanol–water partition coefficient (Wildman–Crippen LogP) is 0.865. The number of carbonyl (C=O) groups excluding carboxylic acids is 2. The van der Waals surface area contributed by atoms with Gasteiger partial charge >= 0.3 is 0 Å². The largest absolute Gasteiger partial charge is 0.294 e. The molecule has 0 radical (unpaired) electrons. The lowest BCUT2D eigenvalue weighted by molar-refractivity contribution is -0.120. The number of rotatable bonds is 1. The molecule has 0 N–H and O–H groups in total. The topological polar surface area (TPSA) is 34.1 Å². The molecule has 0 fully saturated rings. The Balaban J connectivity index is 2.80. The molecule has 1 rings (SSSR count). The molecule has 0 amide bonds. The summed E-state index contributed by atoms with van der Waals surface area (Å²) in [5.74, 6) is -0.0423. The molecule has 0 aromatic rings. The second kappa shape index (κ2) is 2.13. The van der Waals surface area contributed by atoms with Crippen LogP contribution in [0, 0.1) is 0 Å². The molecule has 1 aliphatic carbocycles. The molecule has 0 saturated carbocycles. The van der Waals surface area contributed by atoms with E-state index in [1.165, 1.54) is 6.08 Å². The van der Waals surface area contributed by atoms with Crippen LogP contribution in [0.3, 0.4) is 0 Å². The summed E-state index contributed by atoms with van der Waals surface area (Å²) in [6, 6.07) is 0. The van der Waals surface area contributed by atoms with Crippen LogP contribution in [0.25, 0.3) is 0 Å². The highest BCUT2D eigenvalue weighted by atomic mass is 16.2. The normalized spacial score (nSPS) is 18.6. The van der Waals surface area contributed by atoms with Crippen molar-refractivity contribution in [3.05, 3.63) is 11.6 Å². The predicted molar refractivity (Wildman–Crippen MR) is 33.0 cm³/mol. The molecule has 0 saturated heterocycles. The van der Waals surface area contributed by atoms with Crippen molar-refractivity contribution in [3.8, 4) is 0 Å². The van der Waals surface area contributed by atoms with Crippen molar-refractivity contribution < 1.29 is 9.59 Å². The Morgan fingerprint density at radius 3 is 2.44 bits per heavy atom. The molecule has 0 heterocycles. The Bertz CT molecular complexity index is 189. The number of hydrogen-bond acceptors (Lipinski definition) is 2. The quantitative estimate of drug-likeness (QED) is 0.486. The summed E-state index contributed by atoms with van der Waals surface area (Å²) in [7, 11) is 0. The molecule has 2 nitrogen and oxygen atoms in total. The fraction of sp³-hybridized carbons (Fsp3) is 0.429. The van der Waals surface area contributed by atoms with Gasteiger partial charge in [-0.15, -0.1) is 0 Å². The number of hydrogen-bond donors (Lipinski definition) is 0. The smallest absolute Gasteiger partial charge is 0.166 e. The molecule has 0 aromatic carbocycles. The molecule has 0 aromatic heterocycles. The Hall–Kier alpha value is -0.920. The average molecular weight is 124 g/mol. The first-order chi connectivity index (χ1) is 4.24. The number of Topliss-reactive ketones (excluding diaryl/α,β-unsaturated/α-hetero) is 1. The highest BCUT2D eigenvalue weighted by Gasteiger charge is 2.19. The number of allylic oxidation sites excluding steroid dienone is 2. The Morgan fingerprint density at radius 1 is 1.56 bits per heavy atom. The second-order valence-corrected chi connectivity index (χ2v) is 2.09. The highest BCUT2D eigenvalue weighted by Crippen LogP contribution is 2.13. The van der Waals surface area contributed by atoms with Gasteiger partial charge in [0.05, 0.1) is 6.42 Å². The first kappa shape index (κ1) is 6.20. The monoisotopic (exact) mass is 124 g/mol. The van der Waals surface area contributed by atoms with Crippen molar-refractivity contribution in [2.75, 3.05) is 0 Å². The lowest BCUT2D eigenvalue weighted by Crippen LogP contribution is -1.95. The Kier molecular flexibility index (Phi) is 1.47. The minimum Gasteiger partial charge on any atom is -0.294 e. The van der Waals surface area contributed by atoms with Crippen molar-refractivity contribution >= 4 is 11.6 Å². The van der Waals surface area contributed by atoms with Crippen LogP contribution in [-0.4, -0.2) is 11.6 Å². The lowest BCUT2D eigenvalue weighted by Gasteiger charge is -1.87. The SMILES string of the molecule is CCC1=CC(=O)CC1=O. The molecular weight excluding hydrogens is 116 g/mol. The van der Waals surface area contributed by atoms with Gasteiger partial charge in [-0.3, -0.25) is 9.59 Å². The zero-order valence-electron chi connectivity index (χ0n) is 5.31. The molecule has 0 aliphatic heterocycles. The van der Waals surface area contributed by atoms with Gasteiger partial charge in [0.1, 0.15) is 0 Å². The van der Waals surface area contributed by atoms with Crippen LogP contribution >= 0.6 is 0 Å². The fourth-order valence-electron chi connectivity index (χ4n) is 0.897. The van der Waals surface area contributed by atoms with Crippen LogP contribution in [0.1, 0.15) is 19.8 Å². The summed E-state index contributed by atoms with van der Waals surface area (Å²) in [6.45, 7) is 1.88. The maximum atomic E-state index is 10.7. The zero-order chi connectivity index (χ0) is 6.85. The molecule has 0 atom stereocenters. The van der Waals surface area contributed by atoms with Gasteiger partial charge in [-0.2, -0.15) is 0 Å². The van der Waals surface area contributed by atoms with Crippen molar-refractivity contribution in [2.24, 2.45) is 0 Å². The molecule has 9 heavy (non-hydrogen) atoms. The molecule has 2 heteroatoms. The van der Waals surface area contributed by atoms with Crippen LogP contribution < -0.4 is 0 Å². The van der Waals surface area contributed by atoms with Crippen LogP contribution in [-0.2, 0) is 9.59 Å². The zero-order valence-corrected chi connectivity index (χ0v) is 5.31. The average Bonchev–Trinajstić information content (AvgIpc) is 2.10. The minimum absolute atomic E-state index is 0.00231. The summed E-state index contributed by atoms with van der Waals surface area (Å²) >= 11 is 0. The Labute approximate surface area is 53.6 Å². The van der Waals surface area contributed by atoms with E-state index in [0.29, 0.717) is 12.0 Å². The lowest BCUT2D eigenvalue weighted by atomic mass is 10.2. The maximum Gasteiger partial charge on any atom is 0.166 e. The van der Waals surface area contributed by atoms with Crippen LogP contribution in [0.4, 0.5) is 0 Å². The molecule has 0 spiro atoms. The molecule has 1 aliphatic rings. The van der Waals surface area contributed by atoms with E-state index in [1.54, 1.807) is 0 Å². The van der Waals surface area contributed by atoms with E-state index >= 15 is 0 Å². The van der Waals surface area contributed by atoms with E-state index in [4.69, 9.17) is 0 Å². The van der Waals surface area contributed by atoms with E-state index in [2.05, 4.69) is 0 Å². The van der Waals surface area contributed by atoms with Gasteiger partial charge in [0.2, 0.25) is 0 Å². The van der Waals surface area contributed by atoms with E-state index in [1.807, 2.05) is 6.92 Å². The summed E-state index contributed by atoms with van der Waals surface area (Å²) in [5.41, 5.74) is 0.681. The third-order valence-corrected chi connectivity index (χ3v) is 1.41. The molecule has 48 valence electrons. The third-order valence-electron chi connectivity index (χ3n) is 1.41. The Morgan fingerprint density at radius 2 is 2.22 bits per heavy atom. The number of carbonyl (C=O) groups is 2. The van der Waals surface area contributed by atoms with E-state index in [0.717, 1.165) is 0 Å². The van der Waals surface area contributed by atoms with Gasteiger partial charge in [0.25, 0.3) is 0 Å². The summed E-state index contributed by atoms with van der Waals surface area (Å²) in [4.78, 5) is 21.3. The van der Waals surface area contributed by atoms with Gasteiger partial charge in [-0.1, -0.05) is 6.92 Å². The molecule has 0 unspecified atom stereocenters. The number of ketones is 2. The molecule has 0 bridgehead atoms. The van der Waals surface area contributed by atoms with E-state index in [9.17, 15) is 9.59 Å². The molecular formula is C7H8O2. The summed E-state index contributed by atoms with van der Waals surface area (Å²) < 4.78 is 0. The van der Waals surface area contributed by atoms with Crippen LogP contribution in [0.2, 0.25) is 0 Å². The van der Waals surface area contributed by atoms with Crippen molar-refractivity contribution in [2.45, 2.75) is 19.8 Å². The van der Waals surface area contributed by atoms with E-state index in [-0.39, 0.29) is 18.0 Å². The second-order valence-electron chi connectivity index (χ2n) is 2.09. The van der Waals surface area contributed by atoms with Gasteiger partial charge < -0.3 is 0 Å². The van der Waals surface area contributed by atoms with Crippen molar-refractivity contribution in [3.63, 3.8) is 0 Å². The van der Waals surface area contributed by atoms with E-state index < -0.39 is 0 Å². The van der Waals surface area contributed by atoms with Gasteiger partial charge in [-0.25, -0.2) is 0 Å². The van der Waals surface area contributed by atoms with Gasteiger partial charge in [-0.05, 0) is 18.1 Å².